The highest BCUT2D eigenvalue weighted by atomic mass is 16.5. The molecule has 0 saturated heterocycles. The van der Waals surface area contributed by atoms with Crippen molar-refractivity contribution < 1.29 is 33.9 Å². The molecule has 0 amide bonds. The average molecular weight is 763 g/mol. The summed E-state index contributed by atoms with van der Waals surface area (Å²) >= 11 is 0. The van der Waals surface area contributed by atoms with Gasteiger partial charge in [0.2, 0.25) is 11.5 Å². The summed E-state index contributed by atoms with van der Waals surface area (Å²) in [5.74, 6) is 3.98. The predicted octanol–water partition coefficient (Wildman–Crippen LogP) is 1.49. The molecule has 0 unspecified atom stereocenters. The molecule has 2 aromatic carbocycles. The standard InChI is InChI=1S/2C18H20N4O5.H2O/c2*1-21-16-14(17(23)22(2)18(21)24)19-13(20-16)7-6-10-8-11(25-3)15(27-5)12(9-10)26-4;/h2*6-9H,1-5H3,(H,19,20);1H2/b2*7-6+;. The van der Waals surface area contributed by atoms with E-state index >= 15 is 0 Å². The molecular weight excluding hydrogens is 720 g/mol. The number of nitrogens with one attached hydrogen (secondary N) is 2. The van der Waals surface area contributed by atoms with Gasteiger partial charge in [0.15, 0.2) is 34.3 Å². The topological polar surface area (TPSA) is 232 Å². The fourth-order valence-corrected chi connectivity index (χ4v) is 5.59. The van der Waals surface area contributed by atoms with E-state index in [1.807, 2.05) is 0 Å². The third-order valence-electron chi connectivity index (χ3n) is 8.47. The van der Waals surface area contributed by atoms with E-state index in [9.17, 15) is 19.2 Å². The minimum atomic E-state index is -0.431. The first-order chi connectivity index (χ1) is 25.8. The second-order valence-corrected chi connectivity index (χ2v) is 11.6. The summed E-state index contributed by atoms with van der Waals surface area (Å²) in [6.45, 7) is 0. The number of aromatic nitrogens is 8. The van der Waals surface area contributed by atoms with Crippen LogP contribution in [0.25, 0.3) is 46.6 Å². The zero-order valence-electron chi connectivity index (χ0n) is 31.9. The molecule has 0 aliphatic rings. The molecule has 19 nitrogen and oxygen atoms in total. The molecule has 6 rings (SSSR count). The Labute approximate surface area is 312 Å². The second-order valence-electron chi connectivity index (χ2n) is 11.6. The first kappa shape index (κ1) is 40.7. The molecule has 0 aliphatic heterocycles. The molecule has 19 heteroatoms. The number of ether oxygens (including phenoxy) is 6. The lowest BCUT2D eigenvalue weighted by Crippen LogP contribution is -2.36. The lowest BCUT2D eigenvalue weighted by molar-refractivity contribution is 0.324. The Bertz CT molecular complexity index is 2440. The molecule has 0 saturated carbocycles. The molecule has 0 aliphatic carbocycles. The van der Waals surface area contributed by atoms with E-state index in [4.69, 9.17) is 28.4 Å². The number of H-pyrrole nitrogens is 2. The van der Waals surface area contributed by atoms with Gasteiger partial charge in [0.05, 0.1) is 42.7 Å². The van der Waals surface area contributed by atoms with Crippen molar-refractivity contribution >= 4 is 46.6 Å². The van der Waals surface area contributed by atoms with E-state index in [2.05, 4.69) is 19.9 Å². The Morgan fingerprint density at radius 1 is 0.491 bits per heavy atom. The monoisotopic (exact) mass is 762 g/mol. The summed E-state index contributed by atoms with van der Waals surface area (Å²) in [4.78, 5) is 63.0. The van der Waals surface area contributed by atoms with Crippen LogP contribution in [-0.2, 0) is 28.2 Å². The average Bonchev–Trinajstić information content (AvgIpc) is 3.83. The van der Waals surface area contributed by atoms with Crippen LogP contribution in [-0.4, -0.2) is 86.3 Å². The van der Waals surface area contributed by atoms with Crippen molar-refractivity contribution in [2.75, 3.05) is 42.7 Å². The molecular formula is C36H42N8O11. The number of rotatable bonds is 10. The summed E-state index contributed by atoms with van der Waals surface area (Å²) in [7, 11) is 15.2. The number of fused-ring (bicyclic) bond motifs is 2. The lowest BCUT2D eigenvalue weighted by atomic mass is 10.1. The Morgan fingerprint density at radius 2 is 0.800 bits per heavy atom. The number of hydrogen-bond donors (Lipinski definition) is 2. The van der Waals surface area contributed by atoms with Crippen LogP contribution >= 0.6 is 0 Å². The van der Waals surface area contributed by atoms with Crippen molar-refractivity contribution in [2.45, 2.75) is 0 Å². The van der Waals surface area contributed by atoms with Gasteiger partial charge in [-0.2, -0.15) is 0 Å². The zero-order valence-corrected chi connectivity index (χ0v) is 31.9. The number of methoxy groups -OCH3 is 6. The van der Waals surface area contributed by atoms with Crippen LogP contribution in [0.2, 0.25) is 0 Å². The summed E-state index contributed by atoms with van der Waals surface area (Å²) in [5.41, 5.74) is 0.992. The van der Waals surface area contributed by atoms with E-state index in [0.717, 1.165) is 20.3 Å². The van der Waals surface area contributed by atoms with Gasteiger partial charge in [-0.25, -0.2) is 19.6 Å². The molecule has 4 heterocycles. The molecule has 4 N–H and O–H groups in total. The molecule has 0 atom stereocenters. The first-order valence-electron chi connectivity index (χ1n) is 16.1. The van der Waals surface area contributed by atoms with Crippen molar-refractivity contribution in [3.05, 3.63) is 88.7 Å². The fraction of sp³-hybridized carbons (Fsp3) is 0.278. The van der Waals surface area contributed by atoms with Crippen molar-refractivity contribution in [3.8, 4) is 34.5 Å². The molecule has 55 heavy (non-hydrogen) atoms. The van der Waals surface area contributed by atoms with Crippen LogP contribution in [0, 0.1) is 0 Å². The van der Waals surface area contributed by atoms with Gasteiger partial charge >= 0.3 is 11.4 Å². The third kappa shape index (κ3) is 7.72. The van der Waals surface area contributed by atoms with Crippen LogP contribution in [0.4, 0.5) is 0 Å². The SMILES string of the molecule is COc1cc(/C=C/c2nc3c([nH]2)c(=O)n(C)c(=O)n3C)cc(OC)c1OC.COc1cc(/C=C/c2nc3c([nH]2)c(=O)n(C)c(=O)n3C)cc(OC)c1OC.O. The minimum absolute atomic E-state index is 0. The number of aryl methyl sites for hydroxylation is 2. The van der Waals surface area contributed by atoms with Gasteiger partial charge in [-0.1, -0.05) is 12.2 Å². The van der Waals surface area contributed by atoms with Crippen LogP contribution in [0.1, 0.15) is 22.8 Å². The van der Waals surface area contributed by atoms with Crippen molar-refractivity contribution in [1.29, 1.82) is 0 Å². The largest absolute Gasteiger partial charge is 0.493 e. The number of benzene rings is 2. The quantitative estimate of drug-likeness (QED) is 0.202. The minimum Gasteiger partial charge on any atom is -0.493 e. The van der Waals surface area contributed by atoms with Gasteiger partial charge < -0.3 is 43.9 Å². The van der Waals surface area contributed by atoms with E-state index < -0.39 is 22.5 Å². The fourth-order valence-electron chi connectivity index (χ4n) is 5.59. The maximum Gasteiger partial charge on any atom is 0.332 e. The number of nitrogens with zero attached hydrogens (tertiary/aromatic N) is 6. The lowest BCUT2D eigenvalue weighted by Gasteiger charge is -2.12. The van der Waals surface area contributed by atoms with Gasteiger partial charge in [0.1, 0.15) is 22.7 Å². The van der Waals surface area contributed by atoms with Gasteiger partial charge in [0.25, 0.3) is 11.1 Å². The highest BCUT2D eigenvalue weighted by molar-refractivity contribution is 5.78. The third-order valence-corrected chi connectivity index (χ3v) is 8.47. The van der Waals surface area contributed by atoms with Gasteiger partial charge in [-0.05, 0) is 47.5 Å². The van der Waals surface area contributed by atoms with Crippen LogP contribution in [0.15, 0.2) is 43.4 Å². The maximum atomic E-state index is 12.2. The van der Waals surface area contributed by atoms with Gasteiger partial charge in [-0.15, -0.1) is 0 Å². The Morgan fingerprint density at radius 3 is 1.07 bits per heavy atom. The predicted molar refractivity (Wildman–Crippen MR) is 207 cm³/mol. The van der Waals surface area contributed by atoms with Gasteiger partial charge in [-0.3, -0.25) is 27.9 Å². The number of imidazole rings is 2. The van der Waals surface area contributed by atoms with E-state index in [0.29, 0.717) is 57.4 Å². The summed E-state index contributed by atoms with van der Waals surface area (Å²) in [6.07, 6.45) is 6.96. The number of hydrogen-bond acceptors (Lipinski definition) is 12. The molecule has 4 aromatic heterocycles. The highest BCUT2D eigenvalue weighted by Gasteiger charge is 2.16. The van der Waals surface area contributed by atoms with Crippen LogP contribution in [0.3, 0.4) is 0 Å². The van der Waals surface area contributed by atoms with E-state index in [-0.39, 0.29) is 16.5 Å². The first-order valence-corrected chi connectivity index (χ1v) is 16.1. The maximum absolute atomic E-state index is 12.2. The van der Waals surface area contributed by atoms with E-state index in [1.54, 1.807) is 91.1 Å². The molecule has 0 bridgehead atoms. The van der Waals surface area contributed by atoms with Crippen LogP contribution in [0.5, 0.6) is 34.5 Å². The number of aromatic amines is 2. The second kappa shape index (κ2) is 16.8. The zero-order chi connectivity index (χ0) is 39.4. The summed E-state index contributed by atoms with van der Waals surface area (Å²) in [6, 6.07) is 7.15. The highest BCUT2D eigenvalue weighted by Crippen LogP contribution is 2.39. The Hall–Kier alpha value is -7.02. The summed E-state index contributed by atoms with van der Waals surface area (Å²) < 4.78 is 36.7. The molecule has 0 radical (unpaired) electrons. The normalized spacial score (nSPS) is 11.1. The molecule has 0 spiro atoms. The van der Waals surface area contributed by atoms with Crippen molar-refractivity contribution in [3.63, 3.8) is 0 Å². The van der Waals surface area contributed by atoms with Crippen molar-refractivity contribution in [2.24, 2.45) is 28.2 Å². The smallest absolute Gasteiger partial charge is 0.332 e. The molecule has 292 valence electrons. The Balaban J connectivity index is 0.000000240. The van der Waals surface area contributed by atoms with Gasteiger partial charge in [0, 0.05) is 28.2 Å². The van der Waals surface area contributed by atoms with E-state index in [1.165, 1.54) is 37.4 Å². The van der Waals surface area contributed by atoms with Crippen LogP contribution < -0.4 is 50.9 Å². The van der Waals surface area contributed by atoms with Crippen molar-refractivity contribution in [1.82, 2.24) is 38.2 Å². The Kier molecular flexibility index (Phi) is 12.4. The summed E-state index contributed by atoms with van der Waals surface area (Å²) in [5, 5.41) is 0. The molecule has 0 fully saturated rings. The molecule has 6 aromatic rings.